The Kier molecular flexibility index (Phi) is 10.7. The van der Waals surface area contributed by atoms with Crippen molar-refractivity contribution in [1.29, 1.82) is 0 Å². The lowest BCUT2D eigenvalue weighted by molar-refractivity contribution is 0.0945. The van der Waals surface area contributed by atoms with Gasteiger partial charge in [-0.3, -0.25) is 4.79 Å². The number of benzene rings is 1. The molecule has 3 rings (SSSR count). The molecule has 1 atom stereocenters. The lowest BCUT2D eigenvalue weighted by atomic mass is 9.99. The number of aromatic nitrogens is 2. The van der Waals surface area contributed by atoms with Crippen molar-refractivity contribution in [3.8, 4) is 17.1 Å². The molecule has 3 aromatic rings. The molecule has 1 aromatic carbocycles. The first kappa shape index (κ1) is 28.5. The summed E-state index contributed by atoms with van der Waals surface area (Å²) in [5.74, 6) is 1.54. The average molecular weight is 551 g/mol. The molecule has 0 aliphatic carbocycles. The molecule has 1 N–H and O–H groups in total. The highest BCUT2D eigenvalue weighted by molar-refractivity contribution is 7.09. The van der Waals surface area contributed by atoms with E-state index in [1.807, 2.05) is 18.4 Å². The van der Waals surface area contributed by atoms with Crippen LogP contribution < -0.4 is 10.1 Å². The van der Waals surface area contributed by atoms with Crippen LogP contribution in [0.1, 0.15) is 74.4 Å². The standard InChI is InChI=1S/C28H37Cl2N3O2S/c1-6-8-9-20(7-2)14-31-28(34)24-13-26(33(19(24)5)15-18(3)4)25-17-36-27(32-25)16-35-23-11-21(29)10-22(30)12-23/h10-13,17-18,20H,6-9,14-16H2,1-5H3,(H,31,34). The number of nitrogens with one attached hydrogen (secondary N) is 1. The van der Waals surface area contributed by atoms with Gasteiger partial charge in [0.15, 0.2) is 0 Å². The van der Waals surface area contributed by atoms with Crippen LogP contribution in [0.2, 0.25) is 10.0 Å². The predicted octanol–water partition coefficient (Wildman–Crippen LogP) is 8.41. The van der Waals surface area contributed by atoms with Gasteiger partial charge in [-0.1, -0.05) is 70.2 Å². The van der Waals surface area contributed by atoms with E-state index in [0.29, 0.717) is 40.8 Å². The molecule has 0 bridgehead atoms. The van der Waals surface area contributed by atoms with Crippen molar-refractivity contribution < 1.29 is 9.53 Å². The summed E-state index contributed by atoms with van der Waals surface area (Å²) in [4.78, 5) is 18.0. The normalized spacial score (nSPS) is 12.2. The summed E-state index contributed by atoms with van der Waals surface area (Å²) < 4.78 is 8.08. The van der Waals surface area contributed by atoms with Crippen molar-refractivity contribution in [2.75, 3.05) is 6.54 Å². The first-order chi connectivity index (χ1) is 17.2. The fourth-order valence-corrected chi connectivity index (χ4v) is 5.42. The fraction of sp³-hybridized carbons (Fsp3) is 0.500. The topological polar surface area (TPSA) is 56.1 Å². The van der Waals surface area contributed by atoms with Gasteiger partial charge in [-0.2, -0.15) is 0 Å². The van der Waals surface area contributed by atoms with E-state index >= 15 is 0 Å². The zero-order valence-electron chi connectivity index (χ0n) is 21.9. The van der Waals surface area contributed by atoms with Crippen molar-refractivity contribution in [1.82, 2.24) is 14.9 Å². The Morgan fingerprint density at radius 1 is 1.17 bits per heavy atom. The van der Waals surface area contributed by atoms with Gasteiger partial charge in [-0.15, -0.1) is 11.3 Å². The number of carbonyl (C=O) groups excluding carboxylic acids is 1. The SMILES string of the molecule is CCCCC(CC)CNC(=O)c1cc(-c2csc(COc3cc(Cl)cc(Cl)c3)n2)n(CC(C)C)c1C. The minimum absolute atomic E-state index is 0.0113. The zero-order valence-corrected chi connectivity index (χ0v) is 24.2. The van der Waals surface area contributed by atoms with Crippen LogP contribution in [-0.4, -0.2) is 22.0 Å². The zero-order chi connectivity index (χ0) is 26.2. The number of amides is 1. The number of halogens is 2. The minimum atomic E-state index is -0.0113. The number of ether oxygens (including phenoxy) is 1. The van der Waals surface area contributed by atoms with Gasteiger partial charge < -0.3 is 14.6 Å². The third-order valence-electron chi connectivity index (χ3n) is 6.27. The number of nitrogens with zero attached hydrogens (tertiary/aromatic N) is 2. The van der Waals surface area contributed by atoms with E-state index in [1.54, 1.807) is 18.2 Å². The van der Waals surface area contributed by atoms with E-state index in [2.05, 4.69) is 37.6 Å². The number of unbranched alkanes of at least 4 members (excludes halogenated alkanes) is 1. The monoisotopic (exact) mass is 549 g/mol. The Hall–Kier alpha value is -2.02. The molecule has 0 spiro atoms. The molecular formula is C28H37Cl2N3O2S. The molecule has 1 unspecified atom stereocenters. The van der Waals surface area contributed by atoms with Crippen LogP contribution >= 0.6 is 34.5 Å². The van der Waals surface area contributed by atoms with Crippen molar-refractivity contribution in [2.24, 2.45) is 11.8 Å². The van der Waals surface area contributed by atoms with Crippen molar-refractivity contribution in [3.63, 3.8) is 0 Å². The summed E-state index contributed by atoms with van der Waals surface area (Å²) in [5.41, 5.74) is 3.49. The maximum absolute atomic E-state index is 13.2. The summed E-state index contributed by atoms with van der Waals surface area (Å²) in [6, 6.07) is 7.12. The quantitative estimate of drug-likeness (QED) is 0.232. The van der Waals surface area contributed by atoms with Crippen LogP contribution in [0.4, 0.5) is 0 Å². The number of hydrogen-bond donors (Lipinski definition) is 1. The predicted molar refractivity (Wildman–Crippen MR) is 152 cm³/mol. The Balaban J connectivity index is 1.78. The molecule has 196 valence electrons. The molecule has 0 saturated carbocycles. The van der Waals surface area contributed by atoms with Crippen molar-refractivity contribution in [3.05, 3.63) is 56.0 Å². The van der Waals surface area contributed by atoms with Gasteiger partial charge in [-0.25, -0.2) is 4.98 Å². The van der Waals surface area contributed by atoms with E-state index in [-0.39, 0.29) is 5.91 Å². The largest absolute Gasteiger partial charge is 0.486 e. The van der Waals surface area contributed by atoms with Gasteiger partial charge in [-0.05, 0) is 49.4 Å². The molecule has 8 heteroatoms. The Bertz CT molecular complexity index is 1140. The third-order valence-corrected chi connectivity index (χ3v) is 7.52. The highest BCUT2D eigenvalue weighted by Gasteiger charge is 2.21. The molecule has 36 heavy (non-hydrogen) atoms. The van der Waals surface area contributed by atoms with Gasteiger partial charge in [0, 0.05) is 34.2 Å². The van der Waals surface area contributed by atoms with Crippen LogP contribution in [-0.2, 0) is 13.2 Å². The minimum Gasteiger partial charge on any atom is -0.486 e. The van der Waals surface area contributed by atoms with Crippen LogP contribution in [0.25, 0.3) is 11.4 Å². The third kappa shape index (κ3) is 7.74. The summed E-state index contributed by atoms with van der Waals surface area (Å²) in [6.07, 6.45) is 4.60. The van der Waals surface area contributed by atoms with Gasteiger partial charge >= 0.3 is 0 Å². The maximum atomic E-state index is 13.2. The maximum Gasteiger partial charge on any atom is 0.253 e. The van der Waals surface area contributed by atoms with E-state index < -0.39 is 0 Å². The first-order valence-corrected chi connectivity index (χ1v) is 14.4. The van der Waals surface area contributed by atoms with Crippen LogP contribution in [0.5, 0.6) is 5.75 Å². The summed E-state index contributed by atoms with van der Waals surface area (Å²) in [5, 5.41) is 7.10. The summed E-state index contributed by atoms with van der Waals surface area (Å²) in [7, 11) is 0. The molecule has 2 heterocycles. The molecule has 0 fully saturated rings. The highest BCUT2D eigenvalue weighted by atomic mass is 35.5. The van der Waals surface area contributed by atoms with Gasteiger partial charge in [0.1, 0.15) is 17.4 Å². The molecule has 5 nitrogen and oxygen atoms in total. The summed E-state index contributed by atoms with van der Waals surface area (Å²) in [6.45, 7) is 12.6. The van der Waals surface area contributed by atoms with Gasteiger partial charge in [0.05, 0.1) is 17.0 Å². The lowest BCUT2D eigenvalue weighted by Gasteiger charge is -2.16. The van der Waals surface area contributed by atoms with Crippen LogP contribution in [0.3, 0.4) is 0 Å². The fourth-order valence-electron chi connectivity index (χ4n) is 4.21. The molecular weight excluding hydrogens is 513 g/mol. The number of thiazole rings is 1. The molecule has 2 aromatic heterocycles. The molecule has 0 aliphatic heterocycles. The number of rotatable bonds is 13. The second-order valence-electron chi connectivity index (χ2n) is 9.68. The van der Waals surface area contributed by atoms with Gasteiger partial charge in [0.2, 0.25) is 0 Å². The Morgan fingerprint density at radius 2 is 1.89 bits per heavy atom. The molecule has 0 saturated heterocycles. The van der Waals surface area contributed by atoms with Crippen molar-refractivity contribution in [2.45, 2.75) is 73.5 Å². The Labute approximate surface area is 229 Å². The summed E-state index contributed by atoms with van der Waals surface area (Å²) >= 11 is 13.7. The molecule has 1 amide bonds. The van der Waals surface area contributed by atoms with E-state index in [1.165, 1.54) is 24.2 Å². The lowest BCUT2D eigenvalue weighted by Crippen LogP contribution is -2.29. The first-order valence-electron chi connectivity index (χ1n) is 12.7. The van der Waals surface area contributed by atoms with E-state index in [0.717, 1.165) is 47.0 Å². The number of hydrogen-bond acceptors (Lipinski definition) is 4. The van der Waals surface area contributed by atoms with E-state index in [9.17, 15) is 4.79 Å². The average Bonchev–Trinajstić information content (AvgIpc) is 3.41. The Morgan fingerprint density at radius 3 is 2.53 bits per heavy atom. The van der Waals surface area contributed by atoms with Gasteiger partial charge in [0.25, 0.3) is 5.91 Å². The smallest absolute Gasteiger partial charge is 0.253 e. The van der Waals surface area contributed by atoms with Crippen LogP contribution in [0, 0.1) is 18.8 Å². The molecule has 0 aliphatic rings. The second-order valence-corrected chi connectivity index (χ2v) is 11.5. The highest BCUT2D eigenvalue weighted by Crippen LogP contribution is 2.30. The van der Waals surface area contributed by atoms with Crippen LogP contribution in [0.15, 0.2) is 29.6 Å². The second kappa shape index (κ2) is 13.5. The van der Waals surface area contributed by atoms with E-state index in [4.69, 9.17) is 32.9 Å². The van der Waals surface area contributed by atoms with Crippen molar-refractivity contribution >= 4 is 40.4 Å². The molecule has 0 radical (unpaired) electrons. The number of carbonyl (C=O) groups is 1.